The quantitative estimate of drug-likeness (QED) is 0.477. The second kappa shape index (κ2) is 5.87. The van der Waals surface area contributed by atoms with Crippen molar-refractivity contribution in [1.29, 1.82) is 0 Å². The summed E-state index contributed by atoms with van der Waals surface area (Å²) in [5.74, 6) is -1.13. The lowest BCUT2D eigenvalue weighted by Crippen LogP contribution is -2.01. The first-order valence-corrected chi connectivity index (χ1v) is 6.59. The van der Waals surface area contributed by atoms with E-state index in [9.17, 15) is 14.9 Å². The van der Waals surface area contributed by atoms with Crippen LogP contribution in [0.15, 0.2) is 42.5 Å². The highest BCUT2D eigenvalue weighted by Crippen LogP contribution is 2.29. The summed E-state index contributed by atoms with van der Waals surface area (Å²) in [6.07, 6.45) is 0. The van der Waals surface area contributed by atoms with Crippen LogP contribution in [0, 0.1) is 13.7 Å². The molecule has 20 heavy (non-hydrogen) atoms. The normalized spacial score (nSPS) is 10.1. The van der Waals surface area contributed by atoms with Crippen LogP contribution in [0.2, 0.25) is 0 Å². The third-order valence-corrected chi connectivity index (χ3v) is 3.21. The van der Waals surface area contributed by atoms with Gasteiger partial charge in [0, 0.05) is 15.3 Å². The number of nitrogens with zero attached hydrogens (tertiary/aromatic N) is 1. The fourth-order valence-corrected chi connectivity index (χ4v) is 2.19. The van der Waals surface area contributed by atoms with E-state index in [0.29, 0.717) is 5.69 Å². The Kier molecular flexibility index (Phi) is 4.18. The summed E-state index contributed by atoms with van der Waals surface area (Å²) in [5.41, 5.74) is 0.622. The number of hydrogen-bond acceptors (Lipinski definition) is 4. The molecular formula is C13H9IN2O4. The average Bonchev–Trinajstić information content (AvgIpc) is 2.38. The van der Waals surface area contributed by atoms with E-state index in [1.807, 2.05) is 6.07 Å². The van der Waals surface area contributed by atoms with Gasteiger partial charge in [-0.15, -0.1) is 0 Å². The molecule has 0 bridgehead atoms. The number of carbonyl (C=O) groups is 1. The number of benzene rings is 2. The molecule has 0 aromatic heterocycles. The van der Waals surface area contributed by atoms with Crippen molar-refractivity contribution in [3.05, 3.63) is 61.7 Å². The lowest BCUT2D eigenvalue weighted by Gasteiger charge is -2.08. The second-order valence-corrected chi connectivity index (χ2v) is 5.18. The first kappa shape index (κ1) is 14.3. The zero-order chi connectivity index (χ0) is 14.7. The molecule has 2 aromatic carbocycles. The van der Waals surface area contributed by atoms with Gasteiger partial charge in [0.25, 0.3) is 5.69 Å². The maximum absolute atomic E-state index is 11.0. The Hall–Kier alpha value is -2.16. The van der Waals surface area contributed by atoms with Crippen molar-refractivity contribution in [2.75, 3.05) is 5.32 Å². The van der Waals surface area contributed by atoms with Crippen molar-refractivity contribution < 1.29 is 14.8 Å². The van der Waals surface area contributed by atoms with Gasteiger partial charge in [-0.3, -0.25) is 10.1 Å². The molecule has 2 rings (SSSR count). The van der Waals surface area contributed by atoms with Crippen LogP contribution in [0.3, 0.4) is 0 Å². The maximum Gasteiger partial charge on any atom is 0.335 e. The number of nitro groups is 1. The first-order chi connectivity index (χ1) is 9.47. The molecule has 0 heterocycles. The predicted octanol–water partition coefficient (Wildman–Crippen LogP) is 3.64. The van der Waals surface area contributed by atoms with Gasteiger partial charge in [-0.05, 0) is 52.9 Å². The predicted molar refractivity (Wildman–Crippen MR) is 82.5 cm³/mol. The largest absolute Gasteiger partial charge is 0.478 e. The van der Waals surface area contributed by atoms with Gasteiger partial charge in [0.15, 0.2) is 0 Å². The molecular weight excluding hydrogens is 375 g/mol. The zero-order valence-electron chi connectivity index (χ0n) is 10.0. The van der Waals surface area contributed by atoms with Crippen molar-refractivity contribution >= 4 is 45.6 Å². The lowest BCUT2D eigenvalue weighted by atomic mass is 10.1. The van der Waals surface area contributed by atoms with Gasteiger partial charge < -0.3 is 10.4 Å². The molecule has 0 spiro atoms. The fourth-order valence-electron chi connectivity index (χ4n) is 1.65. The number of anilines is 2. The van der Waals surface area contributed by atoms with E-state index < -0.39 is 10.9 Å². The summed E-state index contributed by atoms with van der Waals surface area (Å²) in [7, 11) is 0. The summed E-state index contributed by atoms with van der Waals surface area (Å²) in [6.45, 7) is 0. The Bertz CT molecular complexity index is 688. The number of nitrogens with one attached hydrogen (secondary N) is 1. The topological polar surface area (TPSA) is 92.5 Å². The van der Waals surface area contributed by atoms with Crippen LogP contribution in [-0.2, 0) is 0 Å². The Morgan fingerprint density at radius 1 is 1.25 bits per heavy atom. The minimum Gasteiger partial charge on any atom is -0.478 e. The molecule has 2 aromatic rings. The summed E-state index contributed by atoms with van der Waals surface area (Å²) in [6, 6.07) is 10.9. The number of halogens is 1. The summed E-state index contributed by atoms with van der Waals surface area (Å²) in [4.78, 5) is 21.4. The molecule has 0 unspecified atom stereocenters. The summed E-state index contributed by atoms with van der Waals surface area (Å²) < 4.78 is 0.963. The molecule has 0 radical (unpaired) electrons. The third-order valence-electron chi connectivity index (χ3n) is 2.54. The van der Waals surface area contributed by atoms with Gasteiger partial charge in [-0.25, -0.2) is 4.79 Å². The van der Waals surface area contributed by atoms with E-state index in [1.165, 1.54) is 18.2 Å². The van der Waals surface area contributed by atoms with Gasteiger partial charge in [0.05, 0.1) is 10.5 Å². The summed E-state index contributed by atoms with van der Waals surface area (Å²) in [5, 5.41) is 22.8. The highest BCUT2D eigenvalue weighted by atomic mass is 127. The number of carboxylic acid groups (broad SMARTS) is 1. The molecule has 0 amide bonds. The summed E-state index contributed by atoms with van der Waals surface area (Å²) >= 11 is 2.12. The third kappa shape index (κ3) is 3.23. The molecule has 0 saturated heterocycles. The van der Waals surface area contributed by atoms with E-state index in [4.69, 9.17) is 5.11 Å². The minimum absolute atomic E-state index is 0.0104. The fraction of sp³-hybridized carbons (Fsp3) is 0. The Balaban J connectivity index is 2.44. The van der Waals surface area contributed by atoms with Crippen LogP contribution in [0.4, 0.5) is 17.1 Å². The van der Waals surface area contributed by atoms with E-state index in [0.717, 1.165) is 3.57 Å². The molecule has 7 heteroatoms. The standard InChI is InChI=1S/C13H9IN2O4/c14-9-2-1-3-10(7-9)15-11-6-8(13(17)18)4-5-12(11)16(19)20/h1-7,15H,(H,17,18). The van der Waals surface area contributed by atoms with Crippen molar-refractivity contribution in [2.45, 2.75) is 0 Å². The van der Waals surface area contributed by atoms with E-state index in [1.54, 1.807) is 18.2 Å². The number of aromatic carboxylic acids is 1. The van der Waals surface area contributed by atoms with Gasteiger partial charge in [-0.2, -0.15) is 0 Å². The van der Waals surface area contributed by atoms with Crippen molar-refractivity contribution in [3.63, 3.8) is 0 Å². The first-order valence-electron chi connectivity index (χ1n) is 5.51. The Morgan fingerprint density at radius 3 is 2.60 bits per heavy atom. The van der Waals surface area contributed by atoms with Crippen molar-refractivity contribution in [2.24, 2.45) is 0 Å². The second-order valence-electron chi connectivity index (χ2n) is 3.93. The Morgan fingerprint density at radius 2 is 2.00 bits per heavy atom. The average molecular weight is 384 g/mol. The molecule has 2 N–H and O–H groups in total. The number of nitro benzene ring substituents is 1. The van der Waals surface area contributed by atoms with E-state index in [2.05, 4.69) is 27.9 Å². The van der Waals surface area contributed by atoms with Crippen LogP contribution in [0.1, 0.15) is 10.4 Å². The smallest absolute Gasteiger partial charge is 0.335 e. The maximum atomic E-state index is 11.0. The highest BCUT2D eigenvalue weighted by molar-refractivity contribution is 14.1. The highest BCUT2D eigenvalue weighted by Gasteiger charge is 2.16. The van der Waals surface area contributed by atoms with Gasteiger partial charge in [0.2, 0.25) is 0 Å². The van der Waals surface area contributed by atoms with Crippen LogP contribution >= 0.6 is 22.6 Å². The number of hydrogen-bond donors (Lipinski definition) is 2. The number of rotatable bonds is 4. The minimum atomic E-state index is -1.13. The molecule has 0 aliphatic heterocycles. The van der Waals surface area contributed by atoms with E-state index in [-0.39, 0.29) is 16.9 Å². The molecule has 0 saturated carbocycles. The van der Waals surface area contributed by atoms with Crippen LogP contribution in [-0.4, -0.2) is 16.0 Å². The van der Waals surface area contributed by atoms with Gasteiger partial charge in [-0.1, -0.05) is 6.07 Å². The number of carboxylic acids is 1. The van der Waals surface area contributed by atoms with Crippen LogP contribution in [0.25, 0.3) is 0 Å². The Labute approximate surface area is 127 Å². The molecule has 0 atom stereocenters. The van der Waals surface area contributed by atoms with Crippen LogP contribution in [0.5, 0.6) is 0 Å². The molecule has 0 aliphatic carbocycles. The van der Waals surface area contributed by atoms with Gasteiger partial charge >= 0.3 is 5.97 Å². The zero-order valence-corrected chi connectivity index (χ0v) is 12.2. The van der Waals surface area contributed by atoms with Gasteiger partial charge in [0.1, 0.15) is 5.69 Å². The SMILES string of the molecule is O=C(O)c1ccc([N+](=O)[O-])c(Nc2cccc(I)c2)c1. The monoisotopic (exact) mass is 384 g/mol. The van der Waals surface area contributed by atoms with Crippen molar-refractivity contribution in [3.8, 4) is 0 Å². The van der Waals surface area contributed by atoms with Crippen molar-refractivity contribution in [1.82, 2.24) is 0 Å². The van der Waals surface area contributed by atoms with Crippen LogP contribution < -0.4 is 5.32 Å². The molecule has 6 nitrogen and oxygen atoms in total. The lowest BCUT2D eigenvalue weighted by molar-refractivity contribution is -0.383. The van der Waals surface area contributed by atoms with E-state index >= 15 is 0 Å². The molecule has 102 valence electrons. The molecule has 0 fully saturated rings. The molecule has 0 aliphatic rings.